The van der Waals surface area contributed by atoms with Crippen LogP contribution in [0.1, 0.15) is 10.4 Å². The van der Waals surface area contributed by atoms with Crippen molar-refractivity contribution < 1.29 is 14.6 Å². The molecular formula is C16H18ClNO3S. The fraction of sp³-hybridized carbons (Fsp3) is 0.312. The Hall–Kier alpha value is -1.56. The zero-order chi connectivity index (χ0) is 16.3. The lowest BCUT2D eigenvalue weighted by Crippen LogP contribution is -2.45. The van der Waals surface area contributed by atoms with E-state index in [0.29, 0.717) is 28.8 Å². The summed E-state index contributed by atoms with van der Waals surface area (Å²) in [7, 11) is 1.35. The van der Waals surface area contributed by atoms with E-state index >= 15 is 0 Å². The Morgan fingerprint density at radius 2 is 2.27 bits per heavy atom. The number of rotatable bonds is 5. The molecule has 0 amide bonds. The number of methoxy groups -OCH3 is 1. The number of ether oxygens (including phenoxy) is 1. The molecule has 0 aromatic carbocycles. The van der Waals surface area contributed by atoms with Gasteiger partial charge in [0.15, 0.2) is 5.06 Å². The lowest BCUT2D eigenvalue weighted by atomic mass is 10.0. The lowest BCUT2D eigenvalue weighted by Gasteiger charge is -2.33. The van der Waals surface area contributed by atoms with E-state index in [1.54, 1.807) is 12.1 Å². The van der Waals surface area contributed by atoms with Crippen molar-refractivity contribution in [1.82, 2.24) is 4.90 Å². The van der Waals surface area contributed by atoms with Crippen LogP contribution in [0.4, 0.5) is 0 Å². The van der Waals surface area contributed by atoms with Crippen molar-refractivity contribution in [2.24, 2.45) is 0 Å². The summed E-state index contributed by atoms with van der Waals surface area (Å²) in [5.41, 5.74) is 1.60. The van der Waals surface area contributed by atoms with Crippen molar-refractivity contribution in [2.75, 3.05) is 13.7 Å². The zero-order valence-corrected chi connectivity index (χ0v) is 13.9. The summed E-state index contributed by atoms with van der Waals surface area (Å²) >= 11 is 7.55. The average Bonchev–Trinajstić information content (AvgIpc) is 2.90. The molecule has 118 valence electrons. The van der Waals surface area contributed by atoms with E-state index < -0.39 is 12.0 Å². The number of hydrogen-bond donors (Lipinski definition) is 1. The number of carbonyl (C=O) groups is 1. The molecule has 0 unspecified atom stereocenters. The predicted octanol–water partition coefficient (Wildman–Crippen LogP) is 3.22. The van der Waals surface area contributed by atoms with E-state index in [9.17, 15) is 9.90 Å². The first-order valence-electron chi connectivity index (χ1n) is 6.78. The predicted molar refractivity (Wildman–Crippen MR) is 89.2 cm³/mol. The van der Waals surface area contributed by atoms with Crippen LogP contribution in [-0.4, -0.2) is 35.7 Å². The molecule has 0 fully saturated rings. The van der Waals surface area contributed by atoms with E-state index in [1.807, 2.05) is 4.90 Å². The number of hydrogen-bond acceptors (Lipinski definition) is 5. The molecule has 1 aliphatic heterocycles. The maximum absolute atomic E-state index is 12.3. The molecule has 6 heteroatoms. The molecule has 1 N–H and O–H groups in total. The van der Waals surface area contributed by atoms with Gasteiger partial charge in [0, 0.05) is 23.0 Å². The Balaban J connectivity index is 2.37. The van der Waals surface area contributed by atoms with Gasteiger partial charge in [0.1, 0.15) is 6.04 Å². The Bertz CT molecular complexity index is 635. The van der Waals surface area contributed by atoms with Crippen LogP contribution in [0.3, 0.4) is 0 Å². The highest BCUT2D eigenvalue weighted by atomic mass is 35.5. The van der Waals surface area contributed by atoms with Gasteiger partial charge in [-0.3, -0.25) is 4.90 Å². The highest BCUT2D eigenvalue weighted by molar-refractivity contribution is 7.13. The number of carbonyl (C=O) groups excluding carboxylic acids is 1. The number of esters is 1. The van der Waals surface area contributed by atoms with E-state index in [-0.39, 0.29) is 0 Å². The highest BCUT2D eigenvalue weighted by Gasteiger charge is 2.33. The lowest BCUT2D eigenvalue weighted by molar-refractivity contribution is -0.145. The summed E-state index contributed by atoms with van der Waals surface area (Å²) in [6, 6.07) is 1.11. The molecule has 0 saturated carbocycles. The molecule has 4 nitrogen and oxygen atoms in total. The van der Waals surface area contributed by atoms with E-state index in [1.165, 1.54) is 24.5 Å². The van der Waals surface area contributed by atoms with Crippen molar-refractivity contribution in [3.8, 4) is 5.06 Å². The summed E-state index contributed by atoms with van der Waals surface area (Å²) in [6.45, 7) is 8.61. The summed E-state index contributed by atoms with van der Waals surface area (Å²) in [6.07, 6.45) is 3.82. The van der Waals surface area contributed by atoms with E-state index in [0.717, 1.165) is 16.9 Å². The first-order valence-corrected chi connectivity index (χ1v) is 7.98. The molecule has 0 radical (unpaired) electrons. The van der Waals surface area contributed by atoms with Gasteiger partial charge in [-0.2, -0.15) is 0 Å². The number of nitrogens with zero attached hydrogens (tertiary/aromatic N) is 1. The number of thiophene rings is 1. The minimum atomic E-state index is -0.636. The van der Waals surface area contributed by atoms with Crippen LogP contribution in [0.25, 0.3) is 0 Å². The molecule has 2 heterocycles. The quantitative estimate of drug-likeness (QED) is 0.661. The summed E-state index contributed by atoms with van der Waals surface area (Å²) in [5.74, 6) is -0.391. The second kappa shape index (κ2) is 7.13. The van der Waals surface area contributed by atoms with Crippen LogP contribution in [-0.2, 0) is 22.5 Å². The van der Waals surface area contributed by atoms with Crippen LogP contribution in [0.2, 0.25) is 0 Å². The normalized spacial score (nSPS) is 17.2. The second-order valence-corrected chi connectivity index (χ2v) is 6.41. The molecule has 0 saturated heterocycles. The largest absolute Gasteiger partial charge is 0.499 e. The number of halogens is 1. The average molecular weight is 340 g/mol. The minimum Gasteiger partial charge on any atom is -0.499 e. The van der Waals surface area contributed by atoms with Crippen LogP contribution in [0.15, 0.2) is 42.0 Å². The van der Waals surface area contributed by atoms with Gasteiger partial charge in [0.2, 0.25) is 0 Å². The van der Waals surface area contributed by atoms with Crippen molar-refractivity contribution in [2.45, 2.75) is 19.0 Å². The Labute approximate surface area is 139 Å². The van der Waals surface area contributed by atoms with Gasteiger partial charge in [0.25, 0.3) is 0 Å². The van der Waals surface area contributed by atoms with Crippen LogP contribution in [0.5, 0.6) is 5.06 Å². The zero-order valence-electron chi connectivity index (χ0n) is 12.3. The van der Waals surface area contributed by atoms with Crippen molar-refractivity contribution >= 4 is 28.9 Å². The Kier molecular flexibility index (Phi) is 5.45. The fourth-order valence-corrected chi connectivity index (χ4v) is 3.68. The first-order chi connectivity index (χ1) is 10.5. The number of allylic oxidation sites excluding steroid dienone is 2. The third kappa shape index (κ3) is 3.27. The molecule has 0 aliphatic carbocycles. The van der Waals surface area contributed by atoms with Crippen LogP contribution < -0.4 is 0 Å². The van der Waals surface area contributed by atoms with Crippen molar-refractivity contribution in [3.05, 3.63) is 52.4 Å². The SMILES string of the molecule is C=C/C(Cl)=C(\C=C)[C@@H](C(=O)OC)N1CCc2sc(O)cc2C1. The van der Waals surface area contributed by atoms with Gasteiger partial charge in [-0.05, 0) is 23.6 Å². The molecule has 1 aliphatic rings. The van der Waals surface area contributed by atoms with E-state index in [4.69, 9.17) is 16.3 Å². The van der Waals surface area contributed by atoms with Gasteiger partial charge in [0.05, 0.1) is 7.11 Å². The third-order valence-electron chi connectivity index (χ3n) is 3.64. The number of aromatic hydroxyl groups is 1. The topological polar surface area (TPSA) is 49.8 Å². The molecule has 0 spiro atoms. The third-order valence-corrected chi connectivity index (χ3v) is 5.05. The van der Waals surface area contributed by atoms with Gasteiger partial charge in [-0.25, -0.2) is 4.79 Å². The van der Waals surface area contributed by atoms with Gasteiger partial charge >= 0.3 is 5.97 Å². The monoisotopic (exact) mass is 339 g/mol. The molecule has 0 bridgehead atoms. The van der Waals surface area contributed by atoms with Crippen LogP contribution >= 0.6 is 22.9 Å². The molecule has 1 aromatic heterocycles. The standard InChI is InChI=1S/C16H18ClNO3S/c1-4-11(12(17)5-2)15(16(20)21-3)18-7-6-13-10(9-18)8-14(19)22-13/h4-5,8,15,19H,1-2,6-7,9H2,3H3/b12-11-/t15-/m0/s1. The van der Waals surface area contributed by atoms with Gasteiger partial charge < -0.3 is 9.84 Å². The smallest absolute Gasteiger partial charge is 0.327 e. The molecule has 2 rings (SSSR count). The number of fused-ring (bicyclic) bond motifs is 1. The molecule has 1 atom stereocenters. The Morgan fingerprint density at radius 3 is 2.86 bits per heavy atom. The second-order valence-electron chi connectivity index (χ2n) is 4.89. The Morgan fingerprint density at radius 1 is 1.55 bits per heavy atom. The van der Waals surface area contributed by atoms with Crippen LogP contribution in [0, 0.1) is 0 Å². The fourth-order valence-electron chi connectivity index (χ4n) is 2.60. The maximum atomic E-state index is 12.3. The van der Waals surface area contributed by atoms with Crippen molar-refractivity contribution in [3.63, 3.8) is 0 Å². The molecule has 1 aromatic rings. The van der Waals surface area contributed by atoms with Crippen molar-refractivity contribution in [1.29, 1.82) is 0 Å². The van der Waals surface area contributed by atoms with Gasteiger partial charge in [-0.15, -0.1) is 11.3 Å². The minimum absolute atomic E-state index is 0.296. The van der Waals surface area contributed by atoms with E-state index in [2.05, 4.69) is 13.2 Å². The first kappa shape index (κ1) is 16.8. The maximum Gasteiger partial charge on any atom is 0.327 e. The molecular weight excluding hydrogens is 322 g/mol. The highest BCUT2D eigenvalue weighted by Crippen LogP contribution is 2.34. The molecule has 22 heavy (non-hydrogen) atoms. The summed E-state index contributed by atoms with van der Waals surface area (Å²) in [4.78, 5) is 15.4. The summed E-state index contributed by atoms with van der Waals surface area (Å²) < 4.78 is 4.93. The van der Waals surface area contributed by atoms with Gasteiger partial charge in [-0.1, -0.05) is 36.9 Å². The summed E-state index contributed by atoms with van der Waals surface area (Å²) in [5, 5.41) is 10.3.